The monoisotopic (exact) mass is 442 g/mol. The van der Waals surface area contributed by atoms with Crippen LogP contribution in [0.4, 0.5) is 16.3 Å². The van der Waals surface area contributed by atoms with Crippen LogP contribution in [0.15, 0.2) is 24.4 Å². The summed E-state index contributed by atoms with van der Waals surface area (Å²) in [6, 6.07) is 5.75. The third-order valence-electron chi connectivity index (χ3n) is 5.71. The zero-order valence-electron chi connectivity index (χ0n) is 18.5. The lowest BCUT2D eigenvalue weighted by Crippen LogP contribution is -2.41. The van der Waals surface area contributed by atoms with Gasteiger partial charge < -0.3 is 29.5 Å². The van der Waals surface area contributed by atoms with Gasteiger partial charge in [0.2, 0.25) is 5.75 Å². The summed E-state index contributed by atoms with van der Waals surface area (Å²) in [5, 5.41) is 12.4. The topological polar surface area (TPSA) is 106 Å². The molecule has 0 radical (unpaired) electrons. The Morgan fingerprint density at radius 3 is 2.62 bits per heavy atom. The lowest BCUT2D eigenvalue weighted by Gasteiger charge is -2.30. The summed E-state index contributed by atoms with van der Waals surface area (Å²) >= 11 is 0. The van der Waals surface area contributed by atoms with Gasteiger partial charge in [-0.1, -0.05) is 0 Å². The van der Waals surface area contributed by atoms with Gasteiger partial charge in [0.15, 0.2) is 11.6 Å². The molecular formula is C23H30N4O5. The number of pyridine rings is 2. The van der Waals surface area contributed by atoms with Crippen molar-refractivity contribution in [2.24, 2.45) is 0 Å². The molecule has 9 heteroatoms. The van der Waals surface area contributed by atoms with E-state index in [-0.39, 0.29) is 6.10 Å². The zero-order chi connectivity index (χ0) is 22.5. The molecule has 2 aliphatic rings. The highest BCUT2D eigenvalue weighted by Crippen LogP contribution is 2.36. The van der Waals surface area contributed by atoms with Crippen LogP contribution in [0.5, 0.6) is 11.5 Å². The van der Waals surface area contributed by atoms with Crippen LogP contribution >= 0.6 is 0 Å². The number of nitrogens with zero attached hydrogens (tertiary/aromatic N) is 3. The van der Waals surface area contributed by atoms with Crippen molar-refractivity contribution in [3.63, 3.8) is 0 Å². The van der Waals surface area contributed by atoms with Crippen molar-refractivity contribution in [3.8, 4) is 11.5 Å². The quantitative estimate of drug-likeness (QED) is 0.604. The van der Waals surface area contributed by atoms with Gasteiger partial charge in [0.05, 0.1) is 31.2 Å². The number of hydrogen-bond acceptors (Lipinski definition) is 7. The van der Waals surface area contributed by atoms with E-state index in [2.05, 4.69) is 15.3 Å². The molecule has 172 valence electrons. The molecule has 2 aromatic heterocycles. The molecule has 1 aliphatic heterocycles. The number of piperidine rings is 1. The smallest absolute Gasteiger partial charge is 0.407 e. The maximum absolute atomic E-state index is 11.1. The highest BCUT2D eigenvalue weighted by atomic mass is 16.5. The van der Waals surface area contributed by atoms with E-state index >= 15 is 0 Å². The molecule has 2 N–H and O–H groups in total. The third kappa shape index (κ3) is 5.59. The molecule has 9 nitrogen and oxygen atoms in total. The van der Waals surface area contributed by atoms with Crippen molar-refractivity contribution in [2.75, 3.05) is 32.1 Å². The fourth-order valence-corrected chi connectivity index (χ4v) is 3.73. The normalized spacial score (nSPS) is 16.6. The highest BCUT2D eigenvalue weighted by Gasteiger charge is 2.25. The molecule has 0 unspecified atom stereocenters. The molecule has 1 aliphatic carbocycles. The minimum atomic E-state index is -0.887. The molecule has 2 aromatic rings. The summed E-state index contributed by atoms with van der Waals surface area (Å²) in [7, 11) is 1.58. The lowest BCUT2D eigenvalue weighted by atomic mass is 10.1. The van der Waals surface area contributed by atoms with Gasteiger partial charge in [-0.05, 0) is 31.9 Å². The maximum atomic E-state index is 11.1. The van der Waals surface area contributed by atoms with Crippen LogP contribution in [-0.4, -0.2) is 65.1 Å². The van der Waals surface area contributed by atoms with Gasteiger partial charge in [-0.15, -0.1) is 0 Å². The number of carboxylic acid groups (broad SMARTS) is 1. The molecule has 0 aromatic carbocycles. The van der Waals surface area contributed by atoms with Crippen molar-refractivity contribution in [2.45, 2.75) is 51.2 Å². The third-order valence-corrected chi connectivity index (χ3v) is 5.71. The zero-order valence-corrected chi connectivity index (χ0v) is 18.5. The highest BCUT2D eigenvalue weighted by molar-refractivity contribution is 5.67. The van der Waals surface area contributed by atoms with Crippen LogP contribution in [0.1, 0.15) is 37.1 Å². The number of carbonyl (C=O) groups is 1. The lowest BCUT2D eigenvalue weighted by molar-refractivity contribution is 0.0878. The summed E-state index contributed by atoms with van der Waals surface area (Å²) in [5.41, 5.74) is 2.71. The Bertz CT molecular complexity index is 942. The van der Waals surface area contributed by atoms with Crippen LogP contribution in [0.3, 0.4) is 0 Å². The van der Waals surface area contributed by atoms with E-state index in [4.69, 9.17) is 19.3 Å². The Morgan fingerprint density at radius 1 is 1.19 bits per heavy atom. The van der Waals surface area contributed by atoms with E-state index in [1.165, 1.54) is 17.7 Å². The number of hydrogen-bond donors (Lipinski definition) is 2. The average Bonchev–Trinajstić information content (AvgIpc) is 3.61. The molecule has 1 saturated heterocycles. The molecule has 1 saturated carbocycles. The standard InChI is InChI=1S/C23H30N4O5/c1-15-19(6-3-16(25-15)10-14-31-17-4-5-17)26-22-21(30-2)20(7-11-24-22)32-18-8-12-27(13-9-18)23(28)29/h3,6-7,11,17-18H,4-5,8-10,12-14H2,1-2H3,(H,24,26)(H,28,29). The van der Waals surface area contributed by atoms with E-state index in [1.807, 2.05) is 19.1 Å². The van der Waals surface area contributed by atoms with E-state index in [0.717, 1.165) is 23.5 Å². The minimum Gasteiger partial charge on any atom is -0.490 e. The van der Waals surface area contributed by atoms with E-state index < -0.39 is 6.09 Å². The minimum absolute atomic E-state index is 0.0738. The number of rotatable bonds is 9. The first-order chi connectivity index (χ1) is 15.5. The van der Waals surface area contributed by atoms with Gasteiger partial charge in [0.25, 0.3) is 0 Å². The summed E-state index contributed by atoms with van der Waals surface area (Å²) in [5.74, 6) is 1.63. The molecule has 0 atom stereocenters. The molecule has 2 fully saturated rings. The predicted octanol–water partition coefficient (Wildman–Crippen LogP) is 3.78. The fraction of sp³-hybridized carbons (Fsp3) is 0.522. The Kier molecular flexibility index (Phi) is 6.94. The largest absolute Gasteiger partial charge is 0.490 e. The summed E-state index contributed by atoms with van der Waals surface area (Å²) in [4.78, 5) is 21.6. The number of anilines is 2. The van der Waals surface area contributed by atoms with Gasteiger partial charge in [0, 0.05) is 50.3 Å². The molecule has 1 amide bonds. The first kappa shape index (κ1) is 22.1. The molecule has 4 rings (SSSR count). The van der Waals surface area contributed by atoms with Crippen molar-refractivity contribution >= 4 is 17.6 Å². The van der Waals surface area contributed by atoms with Crippen LogP contribution in [-0.2, 0) is 11.2 Å². The van der Waals surface area contributed by atoms with Crippen LogP contribution in [0.2, 0.25) is 0 Å². The SMILES string of the molecule is COc1c(OC2CCN(C(=O)O)CC2)ccnc1Nc1ccc(CCOC2CC2)nc1C. The Morgan fingerprint density at radius 2 is 1.97 bits per heavy atom. The number of aryl methyl sites for hydroxylation is 1. The second-order valence-electron chi connectivity index (χ2n) is 8.16. The molecule has 0 bridgehead atoms. The van der Waals surface area contributed by atoms with Gasteiger partial charge in [-0.3, -0.25) is 4.98 Å². The van der Waals surface area contributed by atoms with Gasteiger partial charge in [-0.2, -0.15) is 0 Å². The number of likely N-dealkylation sites (tertiary alicyclic amines) is 1. The molecule has 3 heterocycles. The summed E-state index contributed by atoms with van der Waals surface area (Å²) in [6.45, 7) is 3.57. The summed E-state index contributed by atoms with van der Waals surface area (Å²) < 4.78 is 17.5. The fourth-order valence-electron chi connectivity index (χ4n) is 3.73. The second kappa shape index (κ2) is 10.0. The van der Waals surface area contributed by atoms with Gasteiger partial charge in [-0.25, -0.2) is 9.78 Å². The van der Waals surface area contributed by atoms with Gasteiger partial charge in [0.1, 0.15) is 6.10 Å². The predicted molar refractivity (Wildman–Crippen MR) is 119 cm³/mol. The maximum Gasteiger partial charge on any atom is 0.407 e. The molecule has 0 spiro atoms. The number of amides is 1. The molecule has 32 heavy (non-hydrogen) atoms. The van der Waals surface area contributed by atoms with E-state index in [0.29, 0.717) is 56.0 Å². The number of ether oxygens (including phenoxy) is 3. The Labute approximate surface area is 187 Å². The van der Waals surface area contributed by atoms with E-state index in [1.54, 1.807) is 19.4 Å². The number of nitrogens with one attached hydrogen (secondary N) is 1. The van der Waals surface area contributed by atoms with E-state index in [9.17, 15) is 4.79 Å². The first-order valence-corrected chi connectivity index (χ1v) is 11.1. The molecular weight excluding hydrogens is 412 g/mol. The van der Waals surface area contributed by atoms with Crippen molar-refractivity contribution in [3.05, 3.63) is 35.8 Å². The van der Waals surface area contributed by atoms with Gasteiger partial charge >= 0.3 is 6.09 Å². The Balaban J connectivity index is 1.40. The number of aromatic nitrogens is 2. The second-order valence-corrected chi connectivity index (χ2v) is 8.16. The van der Waals surface area contributed by atoms with Crippen molar-refractivity contribution in [1.29, 1.82) is 0 Å². The van der Waals surface area contributed by atoms with Crippen molar-refractivity contribution in [1.82, 2.24) is 14.9 Å². The van der Waals surface area contributed by atoms with Crippen LogP contribution in [0, 0.1) is 6.92 Å². The Hall–Kier alpha value is -3.07. The number of methoxy groups -OCH3 is 1. The first-order valence-electron chi connectivity index (χ1n) is 11.1. The van der Waals surface area contributed by atoms with Crippen molar-refractivity contribution < 1.29 is 24.1 Å². The van der Waals surface area contributed by atoms with Crippen LogP contribution < -0.4 is 14.8 Å². The van der Waals surface area contributed by atoms with Crippen LogP contribution in [0.25, 0.3) is 0 Å². The average molecular weight is 443 g/mol. The summed E-state index contributed by atoms with van der Waals surface area (Å²) in [6.07, 6.45) is 5.57.